The number of nitrogens with one attached hydrogen (secondary N) is 1. The summed E-state index contributed by atoms with van der Waals surface area (Å²) in [5.74, 6) is -1.47. The Kier molecular flexibility index (Phi) is 5.43. The van der Waals surface area contributed by atoms with Crippen molar-refractivity contribution in [2.75, 3.05) is 5.32 Å². The van der Waals surface area contributed by atoms with Crippen molar-refractivity contribution in [2.24, 2.45) is 0 Å². The molecule has 0 bridgehead atoms. The van der Waals surface area contributed by atoms with E-state index >= 15 is 0 Å². The van der Waals surface area contributed by atoms with Crippen LogP contribution in [0.3, 0.4) is 0 Å². The Hall–Kier alpha value is -2.91. The van der Waals surface area contributed by atoms with E-state index in [1.807, 2.05) is 0 Å². The Labute approximate surface area is 163 Å². The van der Waals surface area contributed by atoms with Gasteiger partial charge in [0.05, 0.1) is 18.3 Å². The van der Waals surface area contributed by atoms with Gasteiger partial charge in [-0.1, -0.05) is 29.3 Å². The maximum Gasteiger partial charge on any atom is 0.328 e. The Morgan fingerprint density at radius 2 is 2.00 bits per heavy atom. The fraction of sp³-hybridized carbons (Fsp3) is 0.188. The van der Waals surface area contributed by atoms with Crippen LogP contribution < -0.4 is 5.32 Å². The molecule has 140 valence electrons. The molecule has 0 saturated carbocycles. The van der Waals surface area contributed by atoms with Crippen LogP contribution in [0.1, 0.15) is 28.9 Å². The van der Waals surface area contributed by atoms with Crippen LogP contribution in [0.25, 0.3) is 0 Å². The standard InChI is InChI=1S/C16H14Cl2N6O3/c1-9(15(26)27)24-6-10(5-20-24)14(25)21-16-19-8-23(22-16)7-11-12(17)3-2-4-13(11)18/h2-6,8-9H,7H2,1H3,(H,26,27)(H,21,22,25). The van der Waals surface area contributed by atoms with Crippen LogP contribution >= 0.6 is 23.2 Å². The molecule has 0 spiro atoms. The normalized spacial score (nSPS) is 12.0. The number of rotatable bonds is 6. The van der Waals surface area contributed by atoms with Gasteiger partial charge in [-0.25, -0.2) is 14.5 Å². The molecule has 1 atom stereocenters. The molecule has 2 aromatic heterocycles. The summed E-state index contributed by atoms with van der Waals surface area (Å²) >= 11 is 12.3. The van der Waals surface area contributed by atoms with Crippen LogP contribution in [-0.4, -0.2) is 41.5 Å². The summed E-state index contributed by atoms with van der Waals surface area (Å²) in [6.07, 6.45) is 4.05. The van der Waals surface area contributed by atoms with Crippen molar-refractivity contribution < 1.29 is 14.7 Å². The molecule has 0 aliphatic carbocycles. The molecule has 1 unspecified atom stereocenters. The van der Waals surface area contributed by atoms with Crippen LogP contribution in [0.15, 0.2) is 36.9 Å². The van der Waals surface area contributed by atoms with Crippen molar-refractivity contribution in [1.29, 1.82) is 0 Å². The molecule has 1 aromatic carbocycles. The molecule has 0 radical (unpaired) electrons. The van der Waals surface area contributed by atoms with E-state index in [1.54, 1.807) is 18.2 Å². The van der Waals surface area contributed by atoms with Crippen LogP contribution in [0.2, 0.25) is 10.0 Å². The van der Waals surface area contributed by atoms with Crippen LogP contribution in [0, 0.1) is 0 Å². The lowest BCUT2D eigenvalue weighted by Crippen LogP contribution is -2.16. The molecule has 0 fully saturated rings. The second-order valence-corrected chi connectivity index (χ2v) is 6.46. The maximum absolute atomic E-state index is 12.3. The first-order chi connectivity index (χ1) is 12.8. The topological polar surface area (TPSA) is 115 Å². The summed E-state index contributed by atoms with van der Waals surface area (Å²) in [7, 11) is 0. The van der Waals surface area contributed by atoms with Gasteiger partial charge < -0.3 is 5.11 Å². The zero-order valence-corrected chi connectivity index (χ0v) is 15.5. The molecule has 0 aliphatic heterocycles. The summed E-state index contributed by atoms with van der Waals surface area (Å²) in [6, 6.07) is 4.30. The summed E-state index contributed by atoms with van der Waals surface area (Å²) in [4.78, 5) is 27.2. The van der Waals surface area contributed by atoms with Crippen molar-refractivity contribution in [3.63, 3.8) is 0 Å². The fourth-order valence-electron chi connectivity index (χ4n) is 2.23. The number of halogens is 2. The Balaban J connectivity index is 1.69. The third-order valence-corrected chi connectivity index (χ3v) is 4.47. The fourth-order valence-corrected chi connectivity index (χ4v) is 2.74. The molecule has 2 heterocycles. The number of nitrogens with zero attached hydrogens (tertiary/aromatic N) is 5. The average Bonchev–Trinajstić information content (AvgIpc) is 3.27. The number of amides is 1. The second kappa shape index (κ2) is 7.77. The van der Waals surface area contributed by atoms with Gasteiger partial charge in [-0.3, -0.25) is 14.8 Å². The first-order valence-corrected chi connectivity index (χ1v) is 8.51. The van der Waals surface area contributed by atoms with Crippen molar-refractivity contribution in [3.8, 4) is 0 Å². The Morgan fingerprint density at radius 1 is 1.30 bits per heavy atom. The lowest BCUT2D eigenvalue weighted by molar-refractivity contribution is -0.140. The van der Waals surface area contributed by atoms with E-state index in [-0.39, 0.29) is 18.1 Å². The van der Waals surface area contributed by atoms with Crippen LogP contribution in [-0.2, 0) is 11.3 Å². The second-order valence-electron chi connectivity index (χ2n) is 5.64. The first kappa shape index (κ1) is 18.9. The number of carbonyl (C=O) groups excluding carboxylic acids is 1. The van der Waals surface area contributed by atoms with Crippen LogP contribution in [0.5, 0.6) is 0 Å². The number of carboxylic acids is 1. The highest BCUT2D eigenvalue weighted by Gasteiger charge is 2.17. The van der Waals surface area contributed by atoms with Crippen LogP contribution in [0.4, 0.5) is 5.95 Å². The summed E-state index contributed by atoms with van der Waals surface area (Å²) in [6.45, 7) is 1.75. The monoisotopic (exact) mass is 408 g/mol. The Bertz CT molecular complexity index is 979. The van der Waals surface area contributed by atoms with E-state index < -0.39 is 17.9 Å². The van der Waals surface area contributed by atoms with Gasteiger partial charge in [0.25, 0.3) is 5.91 Å². The molecule has 27 heavy (non-hydrogen) atoms. The van der Waals surface area contributed by atoms with Crippen molar-refractivity contribution in [2.45, 2.75) is 19.5 Å². The number of benzene rings is 1. The maximum atomic E-state index is 12.3. The summed E-state index contributed by atoms with van der Waals surface area (Å²) in [5.41, 5.74) is 0.876. The van der Waals surface area contributed by atoms with Gasteiger partial charge in [0.15, 0.2) is 0 Å². The Morgan fingerprint density at radius 3 is 2.67 bits per heavy atom. The van der Waals surface area contributed by atoms with Crippen molar-refractivity contribution in [1.82, 2.24) is 24.5 Å². The smallest absolute Gasteiger partial charge is 0.328 e. The zero-order valence-electron chi connectivity index (χ0n) is 14.0. The van der Waals surface area contributed by atoms with E-state index in [9.17, 15) is 9.59 Å². The molecular formula is C16H14Cl2N6O3. The van der Waals surface area contributed by atoms with Gasteiger partial charge in [0.2, 0.25) is 5.95 Å². The lowest BCUT2D eigenvalue weighted by atomic mass is 10.2. The molecular weight excluding hydrogens is 395 g/mol. The molecule has 0 saturated heterocycles. The van der Waals surface area contributed by atoms with Gasteiger partial charge in [0.1, 0.15) is 12.4 Å². The largest absolute Gasteiger partial charge is 0.480 e. The minimum Gasteiger partial charge on any atom is -0.480 e. The predicted molar refractivity (Wildman–Crippen MR) is 98.1 cm³/mol. The van der Waals surface area contributed by atoms with E-state index in [4.69, 9.17) is 28.3 Å². The average molecular weight is 409 g/mol. The first-order valence-electron chi connectivity index (χ1n) is 7.76. The minimum absolute atomic E-state index is 0.0854. The highest BCUT2D eigenvalue weighted by atomic mass is 35.5. The molecule has 3 rings (SSSR count). The van der Waals surface area contributed by atoms with Gasteiger partial charge in [-0.2, -0.15) is 5.10 Å². The molecule has 11 heteroatoms. The number of anilines is 1. The SMILES string of the molecule is CC(C(=O)O)n1cc(C(=O)Nc2ncn(Cc3c(Cl)cccc3Cl)n2)cn1. The highest BCUT2D eigenvalue weighted by Crippen LogP contribution is 2.24. The van der Waals surface area contributed by atoms with E-state index in [2.05, 4.69) is 20.5 Å². The number of carbonyl (C=O) groups is 2. The molecule has 9 nitrogen and oxygen atoms in total. The van der Waals surface area contributed by atoms with E-state index in [0.717, 1.165) is 0 Å². The minimum atomic E-state index is -1.05. The molecule has 2 N–H and O–H groups in total. The van der Waals surface area contributed by atoms with Gasteiger partial charge in [0, 0.05) is 21.8 Å². The highest BCUT2D eigenvalue weighted by molar-refractivity contribution is 6.35. The van der Waals surface area contributed by atoms with Crippen molar-refractivity contribution >= 4 is 41.0 Å². The van der Waals surface area contributed by atoms with Gasteiger partial charge in [-0.15, -0.1) is 5.10 Å². The number of aromatic nitrogens is 5. The number of hydrogen-bond acceptors (Lipinski definition) is 5. The lowest BCUT2D eigenvalue weighted by Gasteiger charge is -2.06. The molecule has 3 aromatic rings. The van der Waals surface area contributed by atoms with Gasteiger partial charge >= 0.3 is 5.97 Å². The zero-order chi connectivity index (χ0) is 19.6. The number of carboxylic acid groups (broad SMARTS) is 1. The third kappa shape index (κ3) is 4.26. The van der Waals surface area contributed by atoms with E-state index in [0.29, 0.717) is 15.6 Å². The third-order valence-electron chi connectivity index (χ3n) is 3.76. The predicted octanol–water partition coefficient (Wildman–Crippen LogP) is 2.73. The van der Waals surface area contributed by atoms with Crippen molar-refractivity contribution in [3.05, 3.63) is 58.1 Å². The molecule has 0 aliphatic rings. The van der Waals surface area contributed by atoms with E-state index in [1.165, 1.54) is 35.0 Å². The summed E-state index contributed by atoms with van der Waals surface area (Å²) < 4.78 is 2.67. The quantitative estimate of drug-likeness (QED) is 0.647. The van der Waals surface area contributed by atoms with Gasteiger partial charge in [-0.05, 0) is 19.1 Å². The number of aliphatic carboxylic acids is 1. The molecule has 1 amide bonds. The summed E-state index contributed by atoms with van der Waals surface area (Å²) in [5, 5.41) is 20.5. The number of hydrogen-bond donors (Lipinski definition) is 2.